The maximum atomic E-state index is 11.3. The van der Waals surface area contributed by atoms with Crippen LogP contribution in [0.3, 0.4) is 0 Å². The first-order valence-corrected chi connectivity index (χ1v) is 16.7. The largest absolute Gasteiger partial charge is 0.480 e. The van der Waals surface area contributed by atoms with E-state index >= 15 is 0 Å². The zero-order valence-corrected chi connectivity index (χ0v) is 29.2. The summed E-state index contributed by atoms with van der Waals surface area (Å²) in [7, 11) is 0. The van der Waals surface area contributed by atoms with Gasteiger partial charge in [0, 0.05) is 0 Å². The predicted molar refractivity (Wildman–Crippen MR) is 186 cm³/mol. The van der Waals surface area contributed by atoms with Crippen LogP contribution in [0, 0.1) is 6.92 Å². The number of nitrogens with two attached hydrogens (primary N) is 2. The van der Waals surface area contributed by atoms with E-state index in [1.807, 2.05) is 23.5 Å². The van der Waals surface area contributed by atoms with Crippen LogP contribution >= 0.6 is 11.8 Å². The molecule has 0 atom stereocenters. The summed E-state index contributed by atoms with van der Waals surface area (Å²) in [6.07, 6.45) is 5.82. The zero-order valence-electron chi connectivity index (χ0n) is 28.4. The number of hydrogen-bond acceptors (Lipinski definition) is 9. The van der Waals surface area contributed by atoms with Gasteiger partial charge in [0.1, 0.15) is 6.54 Å². The highest BCUT2D eigenvalue weighted by Gasteiger charge is 2.09. The van der Waals surface area contributed by atoms with Crippen LogP contribution < -0.4 is 38.1 Å². The van der Waals surface area contributed by atoms with Crippen molar-refractivity contribution in [2.24, 2.45) is 11.5 Å². The Balaban J connectivity index is -0.000000308. The number of rotatable bonds is 19. The monoisotopic (exact) mass is 691 g/mol. The zero-order chi connectivity index (χ0) is 36.6. The second-order valence-electron chi connectivity index (χ2n) is 9.18. The maximum absolute atomic E-state index is 11.3. The number of carbonyl (C=O) groups excluding carboxylic acids is 5. The molecule has 0 aliphatic heterocycles. The Bertz CT molecular complexity index is 903. The Morgan fingerprint density at radius 1 is 0.745 bits per heavy atom. The van der Waals surface area contributed by atoms with E-state index in [9.17, 15) is 33.2 Å². The van der Waals surface area contributed by atoms with Crippen LogP contribution in [-0.4, -0.2) is 105 Å². The van der Waals surface area contributed by atoms with Gasteiger partial charge in [0.05, 0.1) is 32.9 Å². The Morgan fingerprint density at radius 2 is 1.17 bits per heavy atom. The summed E-state index contributed by atoms with van der Waals surface area (Å²) in [5.41, 5.74) is 11.6. The molecule has 10 N–H and O–H groups in total. The molecule has 0 saturated heterocycles. The quantitative estimate of drug-likeness (QED) is 0.0753. The van der Waals surface area contributed by atoms with Crippen molar-refractivity contribution in [2.45, 2.75) is 59.8 Å². The molecule has 1 aromatic carbocycles. The van der Waals surface area contributed by atoms with Crippen LogP contribution in [0.2, 0.25) is 0 Å². The second kappa shape index (κ2) is 42.2. The molecule has 272 valence electrons. The van der Waals surface area contributed by atoms with Crippen LogP contribution in [0.15, 0.2) is 30.3 Å². The van der Waals surface area contributed by atoms with Crippen molar-refractivity contribution in [3.8, 4) is 0 Å². The van der Waals surface area contributed by atoms with Crippen LogP contribution in [0.25, 0.3) is 0 Å². The Labute approximate surface area is 283 Å². The van der Waals surface area contributed by atoms with E-state index < -0.39 is 49.2 Å². The Morgan fingerprint density at radius 3 is 1.45 bits per heavy atom. The summed E-state index contributed by atoms with van der Waals surface area (Å²) >= 11 is 1.79. The molecule has 0 saturated carbocycles. The average molecular weight is 692 g/mol. The minimum absolute atomic E-state index is 0.160. The molecule has 0 bridgehead atoms. The van der Waals surface area contributed by atoms with E-state index in [1.54, 1.807) is 11.8 Å². The van der Waals surface area contributed by atoms with E-state index in [0.717, 1.165) is 31.0 Å². The van der Waals surface area contributed by atoms with Gasteiger partial charge >= 0.3 is 5.97 Å². The number of carboxylic acid groups (broad SMARTS) is 1. The number of aryl methyl sites for hydroxylation is 1. The number of aliphatic carboxylic acids is 1. The molecule has 0 aliphatic carbocycles. The van der Waals surface area contributed by atoms with E-state index in [4.69, 9.17) is 16.6 Å². The lowest BCUT2D eigenvalue weighted by Crippen LogP contribution is -2.45. The van der Waals surface area contributed by atoms with Gasteiger partial charge in [-0.05, 0) is 50.8 Å². The highest BCUT2D eigenvalue weighted by Crippen LogP contribution is 1.99. The number of nitrogens with one attached hydrogen (secondary N) is 5. The van der Waals surface area contributed by atoms with Gasteiger partial charge in [-0.25, -0.2) is 0 Å². The number of alkyl halides is 1. The van der Waals surface area contributed by atoms with Gasteiger partial charge in [0.2, 0.25) is 30.0 Å². The normalized spacial score (nSPS) is 9.00. The smallest absolute Gasteiger partial charge is 0.322 e. The highest BCUT2D eigenvalue weighted by atomic mass is 32.2. The summed E-state index contributed by atoms with van der Waals surface area (Å²) in [6.45, 7) is 7.88. The Hall–Kier alpha value is -3.76. The Kier molecular flexibility index (Phi) is 45.0. The lowest BCUT2D eigenvalue weighted by Gasteiger charge is -2.08. The number of benzene rings is 1. The molecular formula is C31H58FN7O7S. The van der Waals surface area contributed by atoms with E-state index in [1.165, 1.54) is 31.2 Å². The number of thioether (sulfide) groups is 1. The van der Waals surface area contributed by atoms with Crippen molar-refractivity contribution < 1.29 is 38.3 Å². The molecule has 14 nitrogen and oxygen atoms in total. The fourth-order valence-electron chi connectivity index (χ4n) is 2.34. The third-order valence-corrected chi connectivity index (χ3v) is 5.79. The van der Waals surface area contributed by atoms with Crippen LogP contribution in [0.5, 0.6) is 0 Å². The summed E-state index contributed by atoms with van der Waals surface area (Å²) in [6, 6.07) is 10.3. The molecule has 16 heteroatoms. The van der Waals surface area contributed by atoms with Crippen LogP contribution in [0.1, 0.15) is 58.4 Å². The minimum Gasteiger partial charge on any atom is -0.480 e. The third kappa shape index (κ3) is 52.1. The van der Waals surface area contributed by atoms with E-state index in [0.29, 0.717) is 6.41 Å². The number of hydrogen-bond donors (Lipinski definition) is 8. The van der Waals surface area contributed by atoms with Crippen molar-refractivity contribution in [2.75, 3.05) is 64.0 Å². The lowest BCUT2D eigenvalue weighted by atomic mass is 10.2. The van der Waals surface area contributed by atoms with Crippen molar-refractivity contribution in [3.63, 3.8) is 0 Å². The van der Waals surface area contributed by atoms with Crippen molar-refractivity contribution >= 4 is 47.8 Å². The van der Waals surface area contributed by atoms with Gasteiger partial charge in [-0.2, -0.15) is 11.8 Å². The summed E-state index contributed by atoms with van der Waals surface area (Å²) in [4.78, 5) is 64.9. The fraction of sp³-hybridized carbons (Fsp3) is 0.613. The number of amides is 5. The number of halogens is 1. The van der Waals surface area contributed by atoms with Crippen LogP contribution in [-0.2, 0) is 28.8 Å². The summed E-state index contributed by atoms with van der Waals surface area (Å²) in [5.74, 6) is -1.71. The topological polar surface area (TPSA) is 235 Å². The lowest BCUT2D eigenvalue weighted by molar-refractivity contribution is -0.137. The molecule has 0 fully saturated rings. The van der Waals surface area contributed by atoms with Gasteiger partial charge in [-0.15, -0.1) is 0 Å². The number of carbonyl (C=O) groups is 6. The van der Waals surface area contributed by atoms with Gasteiger partial charge in [-0.3, -0.25) is 33.2 Å². The summed E-state index contributed by atoms with van der Waals surface area (Å²) < 4.78 is 11.3. The van der Waals surface area contributed by atoms with Crippen molar-refractivity contribution in [1.29, 1.82) is 0 Å². The third-order valence-electron chi connectivity index (χ3n) is 4.80. The molecule has 0 unspecified atom stereocenters. The first-order chi connectivity index (χ1) is 22.5. The second-order valence-corrected chi connectivity index (χ2v) is 10.6. The first kappa shape index (κ1) is 50.1. The average Bonchev–Trinajstić information content (AvgIpc) is 3.06. The molecule has 1 rings (SSSR count). The van der Waals surface area contributed by atoms with Crippen molar-refractivity contribution in [1.82, 2.24) is 26.6 Å². The standard InChI is InChI=1S/C11H17N5O7.C7H8.C5H11FS.2C4H11N/c17-6-12-1-7(18)13-2-8(19)14-3-9(20)15-4-10(21)16-5-11(22)23;1-7-5-3-2-4-6-7;1-2-7-5-3-4-6;2*1-2-3-4-5/h6H,1-5H2,(H,12,17)(H,13,18)(H,14,19)(H,15,20)(H,16,21)(H,22,23);2-6H,1H3;2-5H2,1H3;2*2-5H2,1H3. The van der Waals surface area contributed by atoms with Gasteiger partial charge in [0.25, 0.3) is 0 Å². The molecule has 0 spiro atoms. The maximum Gasteiger partial charge on any atom is 0.322 e. The van der Waals surface area contributed by atoms with E-state index in [-0.39, 0.29) is 19.8 Å². The molecule has 5 amide bonds. The number of unbranched alkanes of at least 4 members (excludes halogenated alkanes) is 2. The first-order valence-electron chi connectivity index (χ1n) is 15.5. The minimum atomic E-state index is -1.22. The molecule has 0 radical (unpaired) electrons. The predicted octanol–water partition coefficient (Wildman–Crippen LogP) is 0.866. The van der Waals surface area contributed by atoms with Crippen LogP contribution in [0.4, 0.5) is 4.39 Å². The van der Waals surface area contributed by atoms with Crippen molar-refractivity contribution in [3.05, 3.63) is 35.9 Å². The highest BCUT2D eigenvalue weighted by molar-refractivity contribution is 7.99. The fourth-order valence-corrected chi connectivity index (χ4v) is 2.94. The van der Waals surface area contributed by atoms with Gasteiger partial charge < -0.3 is 43.2 Å². The number of carboxylic acids is 1. The molecule has 0 aromatic heterocycles. The molecule has 47 heavy (non-hydrogen) atoms. The summed E-state index contributed by atoms with van der Waals surface area (Å²) in [5, 5.41) is 19.0. The molecular weight excluding hydrogens is 633 g/mol. The molecule has 0 aliphatic rings. The molecule has 1 aromatic rings. The van der Waals surface area contributed by atoms with E-state index in [2.05, 4.69) is 61.1 Å². The van der Waals surface area contributed by atoms with Gasteiger partial charge in [0.15, 0.2) is 0 Å². The van der Waals surface area contributed by atoms with Gasteiger partial charge in [-0.1, -0.05) is 69.5 Å². The SMILES string of the molecule is CCCCN.CCCCN.CCSCCCF.Cc1ccccc1.O=CNCC(=O)NCC(=O)NCC(=O)NCC(=O)NCC(=O)O. The molecule has 0 heterocycles.